The summed E-state index contributed by atoms with van der Waals surface area (Å²) in [5.41, 5.74) is 15.2. The Balaban J connectivity index is 1.21. The molecule has 0 aromatic heterocycles. The van der Waals surface area contributed by atoms with E-state index in [0.717, 1.165) is 77.9 Å². The Bertz CT molecular complexity index is 2380. The lowest BCUT2D eigenvalue weighted by molar-refractivity contribution is 0.194. The van der Waals surface area contributed by atoms with Crippen molar-refractivity contribution in [1.29, 1.82) is 0 Å². The number of rotatable bonds is 12. The topological polar surface area (TPSA) is 9.23 Å². The second kappa shape index (κ2) is 19.0. The van der Waals surface area contributed by atoms with Gasteiger partial charge in [-0.25, -0.2) is 0 Å². The van der Waals surface area contributed by atoms with Gasteiger partial charge in [0.25, 0.3) is 0 Å². The number of ether oxygens (including phenoxy) is 1. The highest BCUT2D eigenvalue weighted by Gasteiger charge is 2.18. The van der Waals surface area contributed by atoms with Crippen LogP contribution in [0.1, 0.15) is 22.3 Å². The van der Waals surface area contributed by atoms with E-state index in [1.807, 2.05) is 48.5 Å². The van der Waals surface area contributed by atoms with E-state index < -0.39 is 0 Å². The summed E-state index contributed by atoms with van der Waals surface area (Å²) in [6.07, 6.45) is 4.39. The van der Waals surface area contributed by atoms with E-state index in [2.05, 4.69) is 158 Å². The molecule has 0 saturated heterocycles. The molecule has 1 nitrogen and oxygen atoms in total. The quantitative estimate of drug-likeness (QED) is 0.111. The van der Waals surface area contributed by atoms with Crippen molar-refractivity contribution in [2.75, 3.05) is 13.2 Å². The summed E-state index contributed by atoms with van der Waals surface area (Å²) in [5.74, 6) is 0. The van der Waals surface area contributed by atoms with Crippen molar-refractivity contribution in [3.63, 3.8) is 0 Å². The van der Waals surface area contributed by atoms with Gasteiger partial charge in [0, 0.05) is 20.1 Å². The smallest absolute Gasteiger partial charge is 0.0660 e. The number of halogens is 4. The fraction of sp³-hybridized carbons (Fsp3) is 0.0370. The SMILES string of the molecule is Clc1ccc(-c2ccccc2C(=CCOCC=C(c2ccccc2-c2ccc(Cl)cc2)c2ccccc2-c2ccc(Cl)cc2)c2ccccc2-c2ccc(Cl)cc2)cc1. The average molecular weight is 845 g/mol. The molecule has 0 saturated carbocycles. The maximum Gasteiger partial charge on any atom is 0.0660 e. The van der Waals surface area contributed by atoms with Gasteiger partial charge in [-0.3, -0.25) is 0 Å². The molecule has 8 aromatic carbocycles. The second-order valence-corrected chi connectivity index (χ2v) is 15.7. The number of hydrogen-bond donors (Lipinski definition) is 0. The molecule has 0 unspecified atom stereocenters. The number of hydrogen-bond acceptors (Lipinski definition) is 1. The molecule has 0 heterocycles. The Labute approximate surface area is 366 Å². The van der Waals surface area contributed by atoms with E-state index in [0.29, 0.717) is 33.3 Å². The molecule has 0 amide bonds. The zero-order chi connectivity index (χ0) is 40.6. The molecule has 0 radical (unpaired) electrons. The predicted octanol–water partition coefficient (Wildman–Crippen LogP) is 16.5. The van der Waals surface area contributed by atoms with Crippen LogP contribution in [0.5, 0.6) is 0 Å². The van der Waals surface area contributed by atoms with Crippen LogP contribution in [-0.2, 0) is 4.74 Å². The van der Waals surface area contributed by atoms with Gasteiger partial charge in [0.15, 0.2) is 0 Å². The summed E-state index contributed by atoms with van der Waals surface area (Å²) < 4.78 is 6.60. The van der Waals surface area contributed by atoms with Crippen LogP contribution in [0.3, 0.4) is 0 Å². The monoisotopic (exact) mass is 842 g/mol. The summed E-state index contributed by atoms with van der Waals surface area (Å²) in [6.45, 7) is 0.724. The number of benzene rings is 8. The second-order valence-electron chi connectivity index (χ2n) is 14.0. The Hall–Kier alpha value is -5.64. The maximum absolute atomic E-state index is 6.60. The molecule has 0 aliphatic carbocycles. The first-order valence-corrected chi connectivity index (χ1v) is 20.8. The molecule has 8 rings (SSSR count). The van der Waals surface area contributed by atoms with Gasteiger partial charge in [-0.15, -0.1) is 0 Å². The zero-order valence-corrected chi connectivity index (χ0v) is 35.0. The predicted molar refractivity (Wildman–Crippen MR) is 253 cm³/mol. The van der Waals surface area contributed by atoms with Gasteiger partial charge in [0.05, 0.1) is 13.2 Å². The van der Waals surface area contributed by atoms with Gasteiger partial charge in [0.2, 0.25) is 0 Å². The molecule has 0 aliphatic rings. The van der Waals surface area contributed by atoms with E-state index in [-0.39, 0.29) is 0 Å². The summed E-state index contributed by atoms with van der Waals surface area (Å²) in [4.78, 5) is 0. The Morgan fingerprint density at radius 3 is 0.763 bits per heavy atom. The van der Waals surface area contributed by atoms with Crippen LogP contribution < -0.4 is 0 Å². The molecule has 8 aromatic rings. The van der Waals surface area contributed by atoms with Crippen molar-refractivity contribution in [1.82, 2.24) is 0 Å². The highest BCUT2D eigenvalue weighted by molar-refractivity contribution is 6.31. The van der Waals surface area contributed by atoms with Gasteiger partial charge in [-0.2, -0.15) is 0 Å². The van der Waals surface area contributed by atoms with Gasteiger partial charge >= 0.3 is 0 Å². The normalized spacial score (nSPS) is 10.9. The van der Waals surface area contributed by atoms with E-state index in [4.69, 9.17) is 51.1 Å². The van der Waals surface area contributed by atoms with Crippen molar-refractivity contribution in [2.24, 2.45) is 0 Å². The highest BCUT2D eigenvalue weighted by atomic mass is 35.5. The van der Waals surface area contributed by atoms with Gasteiger partial charge in [-0.05, 0) is 126 Å². The molecular formula is C54H38Cl4O. The molecule has 5 heteroatoms. The third-order valence-electron chi connectivity index (χ3n) is 10.3. The molecule has 0 aliphatic heterocycles. The van der Waals surface area contributed by atoms with Crippen molar-refractivity contribution < 1.29 is 4.74 Å². The third kappa shape index (κ3) is 9.48. The van der Waals surface area contributed by atoms with Crippen molar-refractivity contribution in [3.8, 4) is 44.5 Å². The molecular weight excluding hydrogens is 806 g/mol. The highest BCUT2D eigenvalue weighted by Crippen LogP contribution is 2.40. The Morgan fingerprint density at radius 2 is 0.525 bits per heavy atom. The fourth-order valence-corrected chi connectivity index (χ4v) is 7.98. The summed E-state index contributed by atoms with van der Waals surface area (Å²) in [7, 11) is 0. The standard InChI is InChI=1S/C54H38Cl4O/c55-41-25-17-37(18-26-41)45-9-1-5-13-49(45)53(50-14-6-2-10-46(50)38-19-27-42(56)28-20-38)33-35-59-36-34-54(51-15-7-3-11-47(51)39-21-29-43(57)30-22-39)52-16-8-4-12-48(52)40-23-31-44(58)32-24-40/h1-34H,35-36H2. The van der Waals surface area contributed by atoms with Gasteiger partial charge in [0.1, 0.15) is 0 Å². The van der Waals surface area contributed by atoms with Gasteiger partial charge in [-0.1, -0.05) is 204 Å². The molecule has 0 fully saturated rings. The fourth-order valence-electron chi connectivity index (χ4n) is 7.48. The van der Waals surface area contributed by atoms with Crippen LogP contribution in [0, 0.1) is 0 Å². The lowest BCUT2D eigenvalue weighted by Crippen LogP contribution is -2.00. The van der Waals surface area contributed by atoms with Crippen molar-refractivity contribution in [2.45, 2.75) is 0 Å². The lowest BCUT2D eigenvalue weighted by atomic mass is 9.86. The first-order chi connectivity index (χ1) is 28.9. The first kappa shape index (κ1) is 40.2. The van der Waals surface area contributed by atoms with Crippen LogP contribution in [0.4, 0.5) is 0 Å². The molecule has 59 heavy (non-hydrogen) atoms. The van der Waals surface area contributed by atoms with E-state index in [1.165, 1.54) is 0 Å². The summed E-state index contributed by atoms with van der Waals surface area (Å²) in [5, 5.41) is 2.79. The molecule has 288 valence electrons. The maximum atomic E-state index is 6.60. The van der Waals surface area contributed by atoms with E-state index >= 15 is 0 Å². The molecule has 0 atom stereocenters. The molecule has 0 spiro atoms. The zero-order valence-electron chi connectivity index (χ0n) is 32.0. The van der Waals surface area contributed by atoms with Crippen LogP contribution in [0.25, 0.3) is 55.7 Å². The van der Waals surface area contributed by atoms with Crippen LogP contribution in [-0.4, -0.2) is 13.2 Å². The van der Waals surface area contributed by atoms with Crippen LogP contribution in [0.15, 0.2) is 206 Å². The molecule has 0 N–H and O–H groups in total. The minimum Gasteiger partial charge on any atom is -0.373 e. The van der Waals surface area contributed by atoms with E-state index in [1.54, 1.807) is 0 Å². The Morgan fingerprint density at radius 1 is 0.305 bits per heavy atom. The van der Waals surface area contributed by atoms with E-state index in [9.17, 15) is 0 Å². The van der Waals surface area contributed by atoms with Crippen molar-refractivity contribution >= 4 is 57.5 Å². The van der Waals surface area contributed by atoms with Gasteiger partial charge < -0.3 is 4.74 Å². The lowest BCUT2D eigenvalue weighted by Gasteiger charge is -2.19. The largest absolute Gasteiger partial charge is 0.373 e. The minimum absolute atomic E-state index is 0.362. The van der Waals surface area contributed by atoms with Crippen LogP contribution in [0.2, 0.25) is 20.1 Å². The molecule has 0 bridgehead atoms. The van der Waals surface area contributed by atoms with Crippen molar-refractivity contribution in [3.05, 3.63) is 249 Å². The Kier molecular flexibility index (Phi) is 12.9. The third-order valence-corrected chi connectivity index (χ3v) is 11.3. The average Bonchev–Trinajstić information content (AvgIpc) is 3.28. The minimum atomic E-state index is 0.362. The summed E-state index contributed by atoms with van der Waals surface area (Å²) >= 11 is 25.3. The first-order valence-electron chi connectivity index (χ1n) is 19.3. The van der Waals surface area contributed by atoms with Crippen LogP contribution >= 0.6 is 46.4 Å². The summed E-state index contributed by atoms with van der Waals surface area (Å²) in [6, 6.07) is 65.9.